The van der Waals surface area contributed by atoms with Gasteiger partial charge in [0.15, 0.2) is 0 Å². The fourth-order valence-corrected chi connectivity index (χ4v) is 3.87. The van der Waals surface area contributed by atoms with Crippen LogP contribution in [-0.4, -0.2) is 35.1 Å². The van der Waals surface area contributed by atoms with Crippen molar-refractivity contribution in [2.75, 3.05) is 18.1 Å². The molecule has 0 N–H and O–H groups in total. The smallest absolute Gasteiger partial charge is 0.139 e. The van der Waals surface area contributed by atoms with E-state index in [0.29, 0.717) is 19.2 Å². The van der Waals surface area contributed by atoms with Crippen LogP contribution in [0.15, 0.2) is 42.6 Å². The molecule has 3 heterocycles. The fourth-order valence-electron chi connectivity index (χ4n) is 3.87. The summed E-state index contributed by atoms with van der Waals surface area (Å²) in [6, 6.07) is 12.7. The maximum Gasteiger partial charge on any atom is 0.139 e. The quantitative estimate of drug-likeness (QED) is 0.618. The van der Waals surface area contributed by atoms with E-state index < -0.39 is 0 Å². The predicted octanol–water partition coefficient (Wildman–Crippen LogP) is 4.13. The lowest BCUT2D eigenvalue weighted by molar-refractivity contribution is -0.106. The van der Waals surface area contributed by atoms with Gasteiger partial charge in [-0.25, -0.2) is 4.52 Å². The Morgan fingerprint density at radius 2 is 2.19 bits per heavy atom. The van der Waals surface area contributed by atoms with Crippen molar-refractivity contribution in [3.8, 4) is 17.0 Å². The van der Waals surface area contributed by atoms with Crippen LogP contribution in [0.1, 0.15) is 32.3 Å². The molecule has 0 saturated heterocycles. The van der Waals surface area contributed by atoms with E-state index in [1.807, 2.05) is 22.8 Å². The van der Waals surface area contributed by atoms with Gasteiger partial charge in [-0.05, 0) is 56.5 Å². The predicted molar refractivity (Wildman–Crippen MR) is 108 cm³/mol. The van der Waals surface area contributed by atoms with Crippen molar-refractivity contribution in [3.63, 3.8) is 0 Å². The van der Waals surface area contributed by atoms with E-state index in [2.05, 4.69) is 43.0 Å². The van der Waals surface area contributed by atoms with Gasteiger partial charge in [0.2, 0.25) is 0 Å². The first kappa shape index (κ1) is 17.6. The molecule has 5 nitrogen and oxygen atoms in total. The van der Waals surface area contributed by atoms with Crippen LogP contribution in [0.2, 0.25) is 0 Å². The van der Waals surface area contributed by atoms with Crippen LogP contribution >= 0.6 is 0 Å². The van der Waals surface area contributed by atoms with E-state index in [1.165, 1.54) is 5.56 Å². The van der Waals surface area contributed by atoms with Crippen LogP contribution in [0.25, 0.3) is 16.8 Å². The summed E-state index contributed by atoms with van der Waals surface area (Å²) in [5, 5.41) is 4.74. The molecule has 0 saturated carbocycles. The van der Waals surface area contributed by atoms with E-state index >= 15 is 0 Å². The van der Waals surface area contributed by atoms with Gasteiger partial charge < -0.3 is 14.4 Å². The second kappa shape index (κ2) is 7.43. The number of rotatable bonds is 6. The zero-order chi connectivity index (χ0) is 18.8. The molecule has 0 aliphatic carbocycles. The van der Waals surface area contributed by atoms with Crippen molar-refractivity contribution < 1.29 is 9.53 Å². The number of aromatic nitrogens is 2. The van der Waals surface area contributed by atoms with Crippen molar-refractivity contribution in [1.29, 1.82) is 0 Å². The molecule has 3 aromatic rings. The van der Waals surface area contributed by atoms with Crippen molar-refractivity contribution in [1.82, 2.24) is 9.61 Å². The molecule has 0 radical (unpaired) electrons. The number of carbonyl (C=O) groups is 1. The molecule has 0 spiro atoms. The normalized spacial score (nSPS) is 16.4. The molecule has 1 aliphatic rings. The van der Waals surface area contributed by atoms with Gasteiger partial charge in [0.1, 0.15) is 12.0 Å². The van der Waals surface area contributed by atoms with Crippen LogP contribution in [0.4, 0.5) is 5.69 Å². The Balaban J connectivity index is 1.85. The minimum Gasteiger partial charge on any atom is -0.493 e. The van der Waals surface area contributed by atoms with Gasteiger partial charge in [0.05, 0.1) is 24.4 Å². The summed E-state index contributed by atoms with van der Waals surface area (Å²) in [5.74, 6) is 0.917. The van der Waals surface area contributed by atoms with Crippen LogP contribution < -0.4 is 9.64 Å². The molecule has 27 heavy (non-hydrogen) atoms. The topological polar surface area (TPSA) is 46.8 Å². The van der Waals surface area contributed by atoms with Gasteiger partial charge in [-0.15, -0.1) is 0 Å². The van der Waals surface area contributed by atoms with E-state index in [1.54, 1.807) is 0 Å². The van der Waals surface area contributed by atoms with Gasteiger partial charge in [-0.2, -0.15) is 5.10 Å². The highest BCUT2D eigenvalue weighted by Crippen LogP contribution is 2.42. The van der Waals surface area contributed by atoms with Gasteiger partial charge in [-0.3, -0.25) is 0 Å². The molecule has 1 atom stereocenters. The number of aldehydes is 1. The molecule has 4 rings (SSSR count). The van der Waals surface area contributed by atoms with Crippen LogP contribution in [0.5, 0.6) is 5.75 Å². The van der Waals surface area contributed by atoms with E-state index in [-0.39, 0.29) is 0 Å². The highest BCUT2D eigenvalue weighted by molar-refractivity contribution is 5.79. The zero-order valence-corrected chi connectivity index (χ0v) is 15.9. The molecule has 0 amide bonds. The monoisotopic (exact) mass is 363 g/mol. The Kier molecular flexibility index (Phi) is 4.84. The number of ether oxygens (including phenoxy) is 1. The summed E-state index contributed by atoms with van der Waals surface area (Å²) in [4.78, 5) is 13.4. The SMILES string of the molecule is CCCOc1c(-c2cc3ccccn3n2)ccc2c1CC[C@H](C)N2CC=O. The van der Waals surface area contributed by atoms with E-state index in [0.717, 1.165) is 53.8 Å². The maximum absolute atomic E-state index is 11.2. The lowest BCUT2D eigenvalue weighted by Gasteiger charge is -2.37. The molecule has 2 aromatic heterocycles. The number of hydrogen-bond donors (Lipinski definition) is 0. The van der Waals surface area contributed by atoms with Crippen molar-refractivity contribution in [3.05, 3.63) is 48.2 Å². The summed E-state index contributed by atoms with van der Waals surface area (Å²) in [7, 11) is 0. The van der Waals surface area contributed by atoms with E-state index in [4.69, 9.17) is 9.84 Å². The minimum absolute atomic E-state index is 0.350. The molecule has 1 aromatic carbocycles. The number of fused-ring (bicyclic) bond motifs is 2. The summed E-state index contributed by atoms with van der Waals surface area (Å²) >= 11 is 0. The highest BCUT2D eigenvalue weighted by Gasteiger charge is 2.27. The first-order valence-electron chi connectivity index (χ1n) is 9.66. The highest BCUT2D eigenvalue weighted by atomic mass is 16.5. The van der Waals surface area contributed by atoms with Crippen molar-refractivity contribution >= 4 is 17.5 Å². The molecule has 5 heteroatoms. The van der Waals surface area contributed by atoms with Crippen LogP contribution in [0.3, 0.4) is 0 Å². The maximum atomic E-state index is 11.2. The van der Waals surface area contributed by atoms with E-state index in [9.17, 15) is 4.79 Å². The molecular formula is C22H25N3O2. The Labute approximate surface area is 159 Å². The molecule has 1 aliphatic heterocycles. The Hall–Kier alpha value is -2.82. The largest absolute Gasteiger partial charge is 0.493 e. The second-order valence-electron chi connectivity index (χ2n) is 7.09. The standard InChI is InChI=1S/C22H25N3O2/c1-3-14-27-22-18(20-15-17-6-4-5-11-25(17)23-20)9-10-21-19(22)8-7-16(2)24(21)12-13-26/h4-6,9-11,13,15-16H,3,7-8,12,14H2,1-2H3/t16-/m0/s1. The fraction of sp³-hybridized carbons (Fsp3) is 0.364. The Morgan fingerprint density at radius 1 is 1.30 bits per heavy atom. The second-order valence-corrected chi connectivity index (χ2v) is 7.09. The summed E-state index contributed by atoms with van der Waals surface area (Å²) in [6.45, 7) is 5.37. The third-order valence-corrected chi connectivity index (χ3v) is 5.26. The number of benzene rings is 1. The molecule has 0 fully saturated rings. The van der Waals surface area contributed by atoms with Crippen molar-refractivity contribution in [2.24, 2.45) is 0 Å². The van der Waals surface area contributed by atoms with Crippen LogP contribution in [-0.2, 0) is 11.2 Å². The molecule has 140 valence electrons. The molecule has 0 unspecified atom stereocenters. The number of pyridine rings is 1. The average molecular weight is 363 g/mol. The molecular weight excluding hydrogens is 338 g/mol. The zero-order valence-electron chi connectivity index (χ0n) is 15.9. The Morgan fingerprint density at radius 3 is 2.96 bits per heavy atom. The number of carbonyl (C=O) groups excluding carboxylic acids is 1. The number of anilines is 1. The van der Waals surface area contributed by atoms with Gasteiger partial charge in [0.25, 0.3) is 0 Å². The van der Waals surface area contributed by atoms with Gasteiger partial charge in [0, 0.05) is 29.1 Å². The number of hydrogen-bond acceptors (Lipinski definition) is 4. The van der Waals surface area contributed by atoms with Crippen molar-refractivity contribution in [2.45, 2.75) is 39.2 Å². The molecule has 0 bridgehead atoms. The summed E-state index contributed by atoms with van der Waals surface area (Å²) < 4.78 is 8.12. The third kappa shape index (κ3) is 3.18. The summed E-state index contributed by atoms with van der Waals surface area (Å²) in [5.41, 5.74) is 5.29. The minimum atomic E-state index is 0.350. The average Bonchev–Trinajstić information content (AvgIpc) is 3.12. The Bertz CT molecular complexity index is 930. The van der Waals surface area contributed by atoms with Crippen LogP contribution in [0, 0.1) is 0 Å². The third-order valence-electron chi connectivity index (χ3n) is 5.26. The van der Waals surface area contributed by atoms with Gasteiger partial charge in [-0.1, -0.05) is 13.0 Å². The summed E-state index contributed by atoms with van der Waals surface area (Å²) in [6.07, 6.45) is 5.85. The number of nitrogens with zero attached hydrogens (tertiary/aromatic N) is 3. The first-order chi connectivity index (χ1) is 13.2. The van der Waals surface area contributed by atoms with Gasteiger partial charge >= 0.3 is 0 Å². The lowest BCUT2D eigenvalue weighted by Crippen LogP contribution is -2.38. The lowest BCUT2D eigenvalue weighted by atomic mass is 9.93. The first-order valence-corrected chi connectivity index (χ1v) is 9.66.